The molecule has 0 bridgehead atoms. The normalized spacial score (nSPS) is 26.8. The molecule has 0 saturated heterocycles. The number of nitriles is 1. The molecule has 0 aromatic heterocycles. The van der Waals surface area contributed by atoms with Crippen LogP contribution in [-0.4, -0.2) is 18.5 Å². The highest BCUT2D eigenvalue weighted by Crippen LogP contribution is 2.23. The molecule has 1 aliphatic carbocycles. The van der Waals surface area contributed by atoms with Crippen molar-refractivity contribution in [3.63, 3.8) is 0 Å². The van der Waals surface area contributed by atoms with Gasteiger partial charge >= 0.3 is 0 Å². The van der Waals surface area contributed by atoms with Gasteiger partial charge in [0.25, 0.3) is 0 Å². The monoisotopic (exact) mass is 195 g/mol. The highest BCUT2D eigenvalue weighted by Gasteiger charge is 2.23. The summed E-state index contributed by atoms with van der Waals surface area (Å²) in [4.78, 5) is 10.9. The molecular formula is C10H17N3O. The third kappa shape index (κ3) is 3.35. The molecule has 1 aliphatic rings. The van der Waals surface area contributed by atoms with Gasteiger partial charge in [0.05, 0.1) is 6.07 Å². The van der Waals surface area contributed by atoms with Gasteiger partial charge in [0.15, 0.2) is 0 Å². The summed E-state index contributed by atoms with van der Waals surface area (Å²) in [5, 5.41) is 11.7. The number of nitrogens with zero attached hydrogens (tertiary/aromatic N) is 1. The smallest absolute Gasteiger partial charge is 0.220 e. The van der Waals surface area contributed by atoms with Gasteiger partial charge in [-0.3, -0.25) is 4.79 Å². The highest BCUT2D eigenvalue weighted by atomic mass is 16.1. The summed E-state index contributed by atoms with van der Waals surface area (Å²) >= 11 is 0. The predicted octanol–water partition coefficient (Wildman–Crippen LogP) is 0.534. The average molecular weight is 195 g/mol. The van der Waals surface area contributed by atoms with Gasteiger partial charge in [-0.05, 0) is 25.7 Å². The maximum absolute atomic E-state index is 10.9. The maximum atomic E-state index is 10.9. The van der Waals surface area contributed by atoms with Gasteiger partial charge in [-0.1, -0.05) is 0 Å². The second kappa shape index (κ2) is 5.61. The van der Waals surface area contributed by atoms with Crippen molar-refractivity contribution >= 4 is 5.91 Å². The summed E-state index contributed by atoms with van der Waals surface area (Å²) in [5.41, 5.74) is 5.23. The van der Waals surface area contributed by atoms with E-state index in [1.165, 1.54) is 0 Å². The number of hydrogen-bond donors (Lipinski definition) is 2. The van der Waals surface area contributed by atoms with Crippen LogP contribution in [0, 0.1) is 17.2 Å². The van der Waals surface area contributed by atoms with Crippen LogP contribution in [0.15, 0.2) is 0 Å². The lowest BCUT2D eigenvalue weighted by molar-refractivity contribution is -0.122. The standard InChI is InChI=1S/C10H17N3O/c11-6-1-7-13-9-4-2-8(3-5-9)10(12)14/h8-9,13H,1-5,7H2,(H2,12,14). The largest absolute Gasteiger partial charge is 0.369 e. The van der Waals surface area contributed by atoms with Crippen molar-refractivity contribution in [1.82, 2.24) is 5.32 Å². The summed E-state index contributed by atoms with van der Waals surface area (Å²) < 4.78 is 0. The molecule has 0 atom stereocenters. The van der Waals surface area contributed by atoms with Crippen molar-refractivity contribution in [1.29, 1.82) is 5.26 Å². The van der Waals surface area contributed by atoms with Crippen LogP contribution >= 0.6 is 0 Å². The van der Waals surface area contributed by atoms with Crippen LogP contribution in [0.5, 0.6) is 0 Å². The zero-order valence-corrected chi connectivity index (χ0v) is 8.33. The van der Waals surface area contributed by atoms with Crippen LogP contribution in [0.25, 0.3) is 0 Å². The van der Waals surface area contributed by atoms with E-state index in [4.69, 9.17) is 11.0 Å². The molecule has 1 saturated carbocycles. The first-order valence-electron chi connectivity index (χ1n) is 5.13. The molecule has 1 amide bonds. The van der Waals surface area contributed by atoms with Crippen LogP contribution < -0.4 is 11.1 Å². The van der Waals surface area contributed by atoms with E-state index in [1.54, 1.807) is 0 Å². The summed E-state index contributed by atoms with van der Waals surface area (Å²) in [7, 11) is 0. The molecule has 3 N–H and O–H groups in total. The van der Waals surface area contributed by atoms with Gasteiger partial charge in [0.1, 0.15) is 0 Å². The van der Waals surface area contributed by atoms with Crippen LogP contribution in [0.2, 0.25) is 0 Å². The van der Waals surface area contributed by atoms with E-state index in [1.807, 2.05) is 0 Å². The number of rotatable bonds is 4. The van der Waals surface area contributed by atoms with Crippen molar-refractivity contribution in [2.75, 3.05) is 6.54 Å². The van der Waals surface area contributed by atoms with E-state index in [2.05, 4.69) is 11.4 Å². The lowest BCUT2D eigenvalue weighted by atomic mass is 9.85. The molecule has 0 aliphatic heterocycles. The molecular weight excluding hydrogens is 178 g/mol. The summed E-state index contributed by atoms with van der Waals surface area (Å²) in [6, 6.07) is 2.57. The fourth-order valence-corrected chi connectivity index (χ4v) is 1.91. The molecule has 4 heteroatoms. The number of carbonyl (C=O) groups excluding carboxylic acids is 1. The van der Waals surface area contributed by atoms with Crippen molar-refractivity contribution < 1.29 is 4.79 Å². The lowest BCUT2D eigenvalue weighted by Crippen LogP contribution is -2.36. The van der Waals surface area contributed by atoms with E-state index in [-0.39, 0.29) is 11.8 Å². The molecule has 0 radical (unpaired) electrons. The number of hydrogen-bond acceptors (Lipinski definition) is 3. The first-order valence-corrected chi connectivity index (χ1v) is 5.13. The second-order valence-corrected chi connectivity index (χ2v) is 3.81. The van der Waals surface area contributed by atoms with Crippen LogP contribution in [0.1, 0.15) is 32.1 Å². The van der Waals surface area contributed by atoms with Gasteiger partial charge < -0.3 is 11.1 Å². The zero-order chi connectivity index (χ0) is 10.4. The average Bonchev–Trinajstić information content (AvgIpc) is 2.19. The molecule has 14 heavy (non-hydrogen) atoms. The Hall–Kier alpha value is -1.08. The third-order valence-electron chi connectivity index (χ3n) is 2.80. The molecule has 78 valence electrons. The minimum absolute atomic E-state index is 0.0732. The Bertz CT molecular complexity index is 226. The quantitative estimate of drug-likeness (QED) is 0.642. The van der Waals surface area contributed by atoms with Crippen LogP contribution in [0.3, 0.4) is 0 Å². The molecule has 1 fully saturated rings. The first-order chi connectivity index (χ1) is 6.74. The number of amides is 1. The number of nitrogens with one attached hydrogen (secondary N) is 1. The Kier molecular flexibility index (Phi) is 4.41. The molecule has 1 rings (SSSR count). The van der Waals surface area contributed by atoms with Crippen molar-refractivity contribution in [3.05, 3.63) is 0 Å². The van der Waals surface area contributed by atoms with Gasteiger partial charge in [-0.15, -0.1) is 0 Å². The van der Waals surface area contributed by atoms with Gasteiger partial charge in [0.2, 0.25) is 5.91 Å². The highest BCUT2D eigenvalue weighted by molar-refractivity contribution is 5.76. The lowest BCUT2D eigenvalue weighted by Gasteiger charge is -2.27. The minimum atomic E-state index is -0.166. The number of primary amides is 1. The topological polar surface area (TPSA) is 78.9 Å². The van der Waals surface area contributed by atoms with Crippen molar-refractivity contribution in [2.45, 2.75) is 38.1 Å². The summed E-state index contributed by atoms with van der Waals surface area (Å²) in [6.45, 7) is 0.752. The minimum Gasteiger partial charge on any atom is -0.369 e. The van der Waals surface area contributed by atoms with E-state index < -0.39 is 0 Å². The molecule has 0 heterocycles. The fraction of sp³-hybridized carbons (Fsp3) is 0.800. The molecule has 0 unspecified atom stereocenters. The Morgan fingerprint density at radius 1 is 1.43 bits per heavy atom. The third-order valence-corrected chi connectivity index (χ3v) is 2.80. The molecule has 4 nitrogen and oxygen atoms in total. The van der Waals surface area contributed by atoms with Crippen LogP contribution in [0.4, 0.5) is 0 Å². The second-order valence-electron chi connectivity index (χ2n) is 3.81. The number of nitrogens with two attached hydrogens (primary N) is 1. The zero-order valence-electron chi connectivity index (χ0n) is 8.33. The van der Waals surface area contributed by atoms with Gasteiger partial charge in [-0.2, -0.15) is 5.26 Å². The molecule has 0 spiro atoms. The van der Waals surface area contributed by atoms with Gasteiger partial charge in [0, 0.05) is 24.9 Å². The van der Waals surface area contributed by atoms with E-state index in [9.17, 15) is 4.79 Å². The van der Waals surface area contributed by atoms with Crippen molar-refractivity contribution in [2.24, 2.45) is 11.7 Å². The Morgan fingerprint density at radius 2 is 2.07 bits per heavy atom. The number of carbonyl (C=O) groups is 1. The first kappa shape index (κ1) is 11.0. The van der Waals surface area contributed by atoms with E-state index >= 15 is 0 Å². The SMILES string of the molecule is N#CCCNC1CCC(C(N)=O)CC1. The maximum Gasteiger partial charge on any atom is 0.220 e. The predicted molar refractivity (Wildman–Crippen MR) is 53.2 cm³/mol. The van der Waals surface area contributed by atoms with Crippen LogP contribution in [-0.2, 0) is 4.79 Å². The fourth-order valence-electron chi connectivity index (χ4n) is 1.91. The molecule has 0 aromatic rings. The Labute approximate surface area is 84.5 Å². The van der Waals surface area contributed by atoms with Crippen molar-refractivity contribution in [3.8, 4) is 6.07 Å². The summed E-state index contributed by atoms with van der Waals surface area (Å²) in [6.07, 6.45) is 4.33. The Balaban J connectivity index is 2.16. The van der Waals surface area contributed by atoms with Gasteiger partial charge in [-0.25, -0.2) is 0 Å². The molecule has 0 aromatic carbocycles. The van der Waals surface area contributed by atoms with E-state index in [0.717, 1.165) is 32.2 Å². The summed E-state index contributed by atoms with van der Waals surface area (Å²) in [5.74, 6) is -0.0931. The Morgan fingerprint density at radius 3 is 2.57 bits per heavy atom. The van der Waals surface area contributed by atoms with E-state index in [0.29, 0.717) is 12.5 Å².